The molecule has 8 nitrogen and oxygen atoms in total. The molecular weight excluding hydrogens is 492 g/mol. The number of carbonyl (C=O) groups excluding carboxylic acids is 2. The fraction of sp³-hybridized carbons (Fsp3) is 0.143. The van der Waals surface area contributed by atoms with Crippen molar-refractivity contribution in [3.05, 3.63) is 101 Å². The highest BCUT2D eigenvalue weighted by Crippen LogP contribution is 2.34. The number of aryl methyl sites for hydroxylation is 1. The summed E-state index contributed by atoms with van der Waals surface area (Å²) in [5, 5.41) is 9.88. The van der Waals surface area contributed by atoms with Gasteiger partial charge < -0.3 is 15.4 Å². The molecule has 1 aromatic heterocycles. The zero-order valence-corrected chi connectivity index (χ0v) is 19.9. The summed E-state index contributed by atoms with van der Waals surface area (Å²) in [5.41, 5.74) is 2.40. The molecule has 0 bridgehead atoms. The van der Waals surface area contributed by atoms with Crippen LogP contribution < -0.4 is 15.4 Å². The lowest BCUT2D eigenvalue weighted by Gasteiger charge is -2.17. The second-order valence-electron chi connectivity index (χ2n) is 8.83. The molecule has 6 rings (SSSR count). The van der Waals surface area contributed by atoms with Gasteiger partial charge in [-0.05, 0) is 18.2 Å². The highest BCUT2D eigenvalue weighted by Gasteiger charge is 2.33. The molecule has 0 saturated heterocycles. The van der Waals surface area contributed by atoms with E-state index in [0.717, 1.165) is 17.7 Å². The number of halogens is 2. The first-order valence-corrected chi connectivity index (χ1v) is 12.0. The third-order valence-corrected chi connectivity index (χ3v) is 6.33. The van der Waals surface area contributed by atoms with Gasteiger partial charge in [0, 0.05) is 35.7 Å². The number of aromatic nitrogens is 2. The van der Waals surface area contributed by atoms with E-state index in [1.54, 1.807) is 12.1 Å². The first-order chi connectivity index (χ1) is 18.5. The van der Waals surface area contributed by atoms with Gasteiger partial charge in [0.2, 0.25) is 12.0 Å². The highest BCUT2D eigenvalue weighted by molar-refractivity contribution is 6.20. The maximum absolute atomic E-state index is 14.8. The van der Waals surface area contributed by atoms with Gasteiger partial charge in [-0.1, -0.05) is 48.5 Å². The molecule has 2 aliphatic heterocycles. The van der Waals surface area contributed by atoms with Crippen molar-refractivity contribution in [2.45, 2.75) is 19.1 Å². The number of benzene rings is 3. The lowest BCUT2D eigenvalue weighted by Crippen LogP contribution is -2.42. The summed E-state index contributed by atoms with van der Waals surface area (Å²) in [7, 11) is 0. The Morgan fingerprint density at radius 2 is 1.82 bits per heavy atom. The van der Waals surface area contributed by atoms with Gasteiger partial charge in [-0.15, -0.1) is 0 Å². The van der Waals surface area contributed by atoms with Crippen molar-refractivity contribution in [3.63, 3.8) is 0 Å². The molecule has 3 heterocycles. The number of hydrogen-bond acceptors (Lipinski definition) is 5. The molecule has 0 fully saturated rings. The molecule has 3 aromatic carbocycles. The number of nitrogens with zero attached hydrogens (tertiary/aromatic N) is 3. The largest absolute Gasteiger partial charge is 0.477 e. The van der Waals surface area contributed by atoms with Crippen LogP contribution >= 0.6 is 0 Å². The minimum absolute atomic E-state index is 0.0125. The number of benzodiazepines with no additional fused rings is 1. The van der Waals surface area contributed by atoms with Crippen LogP contribution in [0.1, 0.15) is 27.9 Å². The predicted molar refractivity (Wildman–Crippen MR) is 136 cm³/mol. The van der Waals surface area contributed by atoms with Crippen LogP contribution in [-0.4, -0.2) is 40.1 Å². The van der Waals surface area contributed by atoms with Crippen molar-refractivity contribution >= 4 is 23.2 Å². The van der Waals surface area contributed by atoms with Gasteiger partial charge in [0.25, 0.3) is 11.8 Å². The van der Waals surface area contributed by atoms with Crippen molar-refractivity contribution in [1.29, 1.82) is 0 Å². The van der Waals surface area contributed by atoms with E-state index in [1.807, 2.05) is 42.5 Å². The van der Waals surface area contributed by atoms with Crippen LogP contribution in [0, 0.1) is 11.6 Å². The van der Waals surface area contributed by atoms with Crippen LogP contribution in [-0.2, 0) is 11.3 Å². The number of carbonyl (C=O) groups is 2. The van der Waals surface area contributed by atoms with Crippen molar-refractivity contribution in [3.8, 4) is 17.1 Å². The van der Waals surface area contributed by atoms with Crippen molar-refractivity contribution < 1.29 is 23.1 Å². The number of rotatable bonds is 4. The average molecular weight is 514 g/mol. The molecule has 0 aliphatic carbocycles. The topological polar surface area (TPSA) is 97.6 Å². The number of anilines is 1. The standard InChI is InChI=1S/C28H21F2N5O3/c29-17-11-12-18(20(30)15-17)24-22(28-35(34-24)13-6-14-38-28)26(36)33-25-27(37)31-21-10-5-4-9-19(21)23(32-25)16-7-2-1-3-8-16/h1-5,7-12,15,25H,6,13-14H2,(H,31,37)(H,33,36)/t25-/m1/s1. The lowest BCUT2D eigenvalue weighted by molar-refractivity contribution is -0.117. The number of nitrogens with one attached hydrogen (secondary N) is 2. The molecule has 0 unspecified atom stereocenters. The summed E-state index contributed by atoms with van der Waals surface area (Å²) in [5.74, 6) is -2.75. The number of hydrogen-bond donors (Lipinski definition) is 2. The molecule has 0 radical (unpaired) electrons. The van der Waals surface area contributed by atoms with E-state index in [0.29, 0.717) is 36.5 Å². The molecule has 2 amide bonds. The van der Waals surface area contributed by atoms with E-state index in [9.17, 15) is 18.4 Å². The zero-order chi connectivity index (χ0) is 26.2. The quantitative estimate of drug-likeness (QED) is 0.428. The summed E-state index contributed by atoms with van der Waals surface area (Å²) < 4.78 is 35.6. The Bertz CT molecular complexity index is 1600. The molecule has 2 aliphatic rings. The highest BCUT2D eigenvalue weighted by atomic mass is 19.1. The first-order valence-electron chi connectivity index (χ1n) is 12.0. The Morgan fingerprint density at radius 3 is 2.63 bits per heavy atom. The van der Waals surface area contributed by atoms with Gasteiger partial charge in [0.05, 0.1) is 18.0 Å². The lowest BCUT2D eigenvalue weighted by atomic mass is 10.0. The molecule has 38 heavy (non-hydrogen) atoms. The van der Waals surface area contributed by atoms with Crippen LogP contribution in [0.25, 0.3) is 11.3 Å². The van der Waals surface area contributed by atoms with Crippen LogP contribution in [0.15, 0.2) is 77.8 Å². The molecule has 2 N–H and O–H groups in total. The third kappa shape index (κ3) is 4.19. The Hall–Kier alpha value is -4.86. The van der Waals surface area contributed by atoms with Crippen LogP contribution in [0.2, 0.25) is 0 Å². The monoisotopic (exact) mass is 513 g/mol. The maximum Gasteiger partial charge on any atom is 0.269 e. The minimum atomic E-state index is -1.31. The summed E-state index contributed by atoms with van der Waals surface area (Å²) in [6.07, 6.45) is -0.662. The first kappa shape index (κ1) is 23.5. The smallest absolute Gasteiger partial charge is 0.269 e. The molecule has 0 spiro atoms. The maximum atomic E-state index is 14.8. The number of ether oxygens (including phenoxy) is 1. The molecule has 190 valence electrons. The fourth-order valence-electron chi connectivity index (χ4n) is 4.58. The summed E-state index contributed by atoms with van der Waals surface area (Å²) in [4.78, 5) is 31.6. The van der Waals surface area contributed by atoms with Crippen LogP contribution in [0.3, 0.4) is 0 Å². The van der Waals surface area contributed by atoms with E-state index in [2.05, 4.69) is 20.7 Å². The summed E-state index contributed by atoms with van der Waals surface area (Å²) in [6, 6.07) is 19.6. The van der Waals surface area contributed by atoms with E-state index < -0.39 is 29.6 Å². The van der Waals surface area contributed by atoms with Crippen molar-refractivity contribution in [2.24, 2.45) is 4.99 Å². The van der Waals surface area contributed by atoms with Crippen molar-refractivity contribution in [2.75, 3.05) is 11.9 Å². The second kappa shape index (κ2) is 9.55. The molecular formula is C28H21F2N5O3. The molecule has 4 aromatic rings. The second-order valence-corrected chi connectivity index (χ2v) is 8.83. The number of amides is 2. The van der Waals surface area contributed by atoms with Gasteiger partial charge in [-0.2, -0.15) is 5.10 Å². The number of aliphatic imine (C=N–C) groups is 1. The van der Waals surface area contributed by atoms with E-state index >= 15 is 0 Å². The van der Waals surface area contributed by atoms with Crippen LogP contribution in [0.4, 0.5) is 14.5 Å². The minimum Gasteiger partial charge on any atom is -0.477 e. The predicted octanol–water partition coefficient (Wildman–Crippen LogP) is 4.16. The van der Waals surface area contributed by atoms with Crippen molar-refractivity contribution in [1.82, 2.24) is 15.1 Å². The number of fused-ring (bicyclic) bond motifs is 2. The Morgan fingerprint density at radius 1 is 1.03 bits per heavy atom. The summed E-state index contributed by atoms with van der Waals surface area (Å²) >= 11 is 0. The van der Waals surface area contributed by atoms with E-state index in [4.69, 9.17) is 4.74 Å². The van der Waals surface area contributed by atoms with Gasteiger partial charge in [-0.25, -0.2) is 18.5 Å². The molecule has 1 atom stereocenters. The Balaban J connectivity index is 1.43. The van der Waals surface area contributed by atoms with E-state index in [1.165, 1.54) is 10.7 Å². The van der Waals surface area contributed by atoms with Gasteiger partial charge in [0.1, 0.15) is 22.9 Å². The van der Waals surface area contributed by atoms with Gasteiger partial charge >= 0.3 is 0 Å². The zero-order valence-electron chi connectivity index (χ0n) is 19.9. The summed E-state index contributed by atoms with van der Waals surface area (Å²) in [6.45, 7) is 0.792. The number of para-hydroxylation sites is 1. The Labute approximate surface area is 216 Å². The van der Waals surface area contributed by atoms with E-state index in [-0.39, 0.29) is 22.7 Å². The SMILES string of the molecule is O=C(N[C@H]1N=C(c2ccccc2)c2ccccc2NC1=O)c1c(-c2ccc(F)cc2F)nn2c1OCCC2. The molecule has 10 heteroatoms. The van der Waals surface area contributed by atoms with Crippen LogP contribution in [0.5, 0.6) is 5.88 Å². The van der Waals surface area contributed by atoms with Gasteiger partial charge in [-0.3, -0.25) is 9.59 Å². The normalized spacial score (nSPS) is 16.3. The van der Waals surface area contributed by atoms with Gasteiger partial charge in [0.15, 0.2) is 0 Å². The third-order valence-electron chi connectivity index (χ3n) is 6.33. The average Bonchev–Trinajstić information content (AvgIpc) is 3.24. The molecule has 0 saturated carbocycles. The Kier molecular flexibility index (Phi) is 5.91. The fourth-order valence-corrected chi connectivity index (χ4v) is 4.58.